The Balaban J connectivity index is 2.84. The van der Waals surface area contributed by atoms with Gasteiger partial charge in [-0.3, -0.25) is 0 Å². The molecule has 21 heavy (non-hydrogen) atoms. The van der Waals surface area contributed by atoms with Crippen LogP contribution in [0.25, 0.3) is 0 Å². The molecule has 1 aromatic carbocycles. The van der Waals surface area contributed by atoms with Crippen LogP contribution in [-0.2, 0) is 11.0 Å². The molecule has 1 atom stereocenters. The first-order valence-electron chi connectivity index (χ1n) is 5.82. The number of halogens is 4. The van der Waals surface area contributed by atoms with Crippen molar-refractivity contribution in [1.82, 2.24) is 5.32 Å². The lowest BCUT2D eigenvalue weighted by Gasteiger charge is -2.15. The van der Waals surface area contributed by atoms with Crippen LogP contribution in [-0.4, -0.2) is 23.1 Å². The van der Waals surface area contributed by atoms with Crippen molar-refractivity contribution in [1.29, 1.82) is 0 Å². The molecule has 0 aliphatic heterocycles. The number of carbonyl (C=O) groups excluding carboxylic acids is 1. The van der Waals surface area contributed by atoms with Gasteiger partial charge in [-0.2, -0.15) is 13.2 Å². The summed E-state index contributed by atoms with van der Waals surface area (Å²) in [5.41, 5.74) is -1.24. The molecule has 2 amide bonds. The Labute approximate surface area is 123 Å². The van der Waals surface area contributed by atoms with E-state index in [0.717, 1.165) is 6.07 Å². The van der Waals surface area contributed by atoms with Crippen LogP contribution in [0.15, 0.2) is 18.2 Å². The average Bonchev–Trinajstić information content (AvgIpc) is 2.36. The third-order valence-electron chi connectivity index (χ3n) is 2.54. The lowest BCUT2D eigenvalue weighted by atomic mass is 10.2. The van der Waals surface area contributed by atoms with Crippen molar-refractivity contribution in [3.63, 3.8) is 0 Å². The molecule has 0 saturated heterocycles. The SMILES string of the molecule is CCC(NC(=O)Nc1ccc(Cl)c(C(F)(F)F)c1)C(=O)O. The summed E-state index contributed by atoms with van der Waals surface area (Å²) in [5, 5.41) is 12.5. The zero-order valence-corrected chi connectivity index (χ0v) is 11.5. The molecule has 5 nitrogen and oxygen atoms in total. The van der Waals surface area contributed by atoms with Gasteiger partial charge in [0, 0.05) is 5.69 Å². The second-order valence-electron chi connectivity index (χ2n) is 4.09. The molecule has 9 heteroatoms. The van der Waals surface area contributed by atoms with Crippen LogP contribution in [0, 0.1) is 0 Å². The summed E-state index contributed by atoms with van der Waals surface area (Å²) in [7, 11) is 0. The quantitative estimate of drug-likeness (QED) is 0.794. The van der Waals surface area contributed by atoms with E-state index in [-0.39, 0.29) is 12.1 Å². The van der Waals surface area contributed by atoms with Crippen LogP contribution in [0.1, 0.15) is 18.9 Å². The highest BCUT2D eigenvalue weighted by molar-refractivity contribution is 6.31. The second-order valence-corrected chi connectivity index (χ2v) is 4.50. The molecule has 1 unspecified atom stereocenters. The fourth-order valence-electron chi connectivity index (χ4n) is 1.48. The van der Waals surface area contributed by atoms with Gasteiger partial charge < -0.3 is 15.7 Å². The van der Waals surface area contributed by atoms with Crippen LogP contribution >= 0.6 is 11.6 Å². The van der Waals surface area contributed by atoms with Crippen molar-refractivity contribution in [3.8, 4) is 0 Å². The van der Waals surface area contributed by atoms with E-state index in [9.17, 15) is 22.8 Å². The maximum atomic E-state index is 12.6. The zero-order valence-electron chi connectivity index (χ0n) is 10.8. The van der Waals surface area contributed by atoms with E-state index in [1.165, 1.54) is 6.07 Å². The van der Waals surface area contributed by atoms with E-state index in [1.807, 2.05) is 0 Å². The summed E-state index contributed by atoms with van der Waals surface area (Å²) in [6, 6.07) is 0.802. The van der Waals surface area contributed by atoms with Gasteiger partial charge in [-0.25, -0.2) is 9.59 Å². The molecule has 0 radical (unpaired) electrons. The predicted molar refractivity (Wildman–Crippen MR) is 70.3 cm³/mol. The molecule has 1 rings (SSSR count). The van der Waals surface area contributed by atoms with Gasteiger partial charge in [-0.05, 0) is 24.6 Å². The first-order chi connectivity index (χ1) is 9.65. The Morgan fingerprint density at radius 2 is 2.00 bits per heavy atom. The zero-order chi connectivity index (χ0) is 16.2. The lowest BCUT2D eigenvalue weighted by Crippen LogP contribution is -2.42. The highest BCUT2D eigenvalue weighted by Gasteiger charge is 2.33. The topological polar surface area (TPSA) is 78.4 Å². The fraction of sp³-hybridized carbons (Fsp3) is 0.333. The van der Waals surface area contributed by atoms with Gasteiger partial charge in [0.25, 0.3) is 0 Å². The number of nitrogens with one attached hydrogen (secondary N) is 2. The van der Waals surface area contributed by atoms with Crippen LogP contribution in [0.4, 0.5) is 23.7 Å². The third-order valence-corrected chi connectivity index (χ3v) is 2.87. The standard InChI is InChI=1S/C12H12ClF3N2O3/c1-2-9(10(19)20)18-11(21)17-6-3-4-8(13)7(5-6)12(14,15)16/h3-5,9H,2H2,1H3,(H,19,20)(H2,17,18,21). The van der Waals surface area contributed by atoms with E-state index in [2.05, 4.69) is 10.6 Å². The number of anilines is 1. The van der Waals surface area contributed by atoms with Gasteiger partial charge >= 0.3 is 18.2 Å². The molecule has 0 spiro atoms. The van der Waals surface area contributed by atoms with Crippen molar-refractivity contribution in [2.45, 2.75) is 25.6 Å². The van der Waals surface area contributed by atoms with Crippen molar-refractivity contribution in [3.05, 3.63) is 28.8 Å². The normalized spacial score (nSPS) is 12.6. The Bertz CT molecular complexity index is 549. The smallest absolute Gasteiger partial charge is 0.417 e. The van der Waals surface area contributed by atoms with Crippen molar-refractivity contribution >= 4 is 29.3 Å². The van der Waals surface area contributed by atoms with Crippen molar-refractivity contribution in [2.24, 2.45) is 0 Å². The van der Waals surface area contributed by atoms with Crippen LogP contribution in [0.5, 0.6) is 0 Å². The molecule has 1 aromatic rings. The molecule has 0 aromatic heterocycles. The van der Waals surface area contributed by atoms with E-state index in [0.29, 0.717) is 6.07 Å². The third kappa shape index (κ3) is 4.82. The maximum absolute atomic E-state index is 12.6. The van der Waals surface area contributed by atoms with Gasteiger partial charge in [0.15, 0.2) is 0 Å². The summed E-state index contributed by atoms with van der Waals surface area (Å²) in [4.78, 5) is 22.3. The van der Waals surface area contributed by atoms with E-state index < -0.39 is 34.8 Å². The molecule has 0 aliphatic rings. The number of urea groups is 1. The molecule has 0 heterocycles. The maximum Gasteiger partial charge on any atom is 0.417 e. The highest BCUT2D eigenvalue weighted by Crippen LogP contribution is 2.36. The molecule has 0 saturated carbocycles. The number of carbonyl (C=O) groups is 2. The summed E-state index contributed by atoms with van der Waals surface area (Å²) >= 11 is 5.44. The number of amides is 2. The van der Waals surface area contributed by atoms with Crippen molar-refractivity contribution in [2.75, 3.05) is 5.32 Å². The first-order valence-corrected chi connectivity index (χ1v) is 6.20. The predicted octanol–water partition coefficient (Wildman–Crippen LogP) is 3.34. The highest BCUT2D eigenvalue weighted by atomic mass is 35.5. The van der Waals surface area contributed by atoms with Crippen LogP contribution in [0.2, 0.25) is 5.02 Å². The Morgan fingerprint density at radius 3 is 2.48 bits per heavy atom. The summed E-state index contributed by atoms with van der Waals surface area (Å²) < 4.78 is 37.9. The molecule has 116 valence electrons. The average molecular weight is 325 g/mol. The summed E-state index contributed by atoms with van der Waals surface area (Å²) in [5.74, 6) is -1.24. The summed E-state index contributed by atoms with van der Waals surface area (Å²) in [6.07, 6.45) is -4.52. The largest absolute Gasteiger partial charge is 0.480 e. The van der Waals surface area contributed by atoms with E-state index in [4.69, 9.17) is 16.7 Å². The molecule has 0 bridgehead atoms. The Hall–Kier alpha value is -1.96. The second kappa shape index (κ2) is 6.66. The van der Waals surface area contributed by atoms with Crippen LogP contribution in [0.3, 0.4) is 0 Å². The van der Waals surface area contributed by atoms with Crippen molar-refractivity contribution < 1.29 is 27.9 Å². The molecule has 0 aliphatic carbocycles. The summed E-state index contributed by atoms with van der Waals surface area (Å²) in [6.45, 7) is 1.54. The van der Waals surface area contributed by atoms with Gasteiger partial charge in [0.1, 0.15) is 6.04 Å². The lowest BCUT2D eigenvalue weighted by molar-refractivity contribution is -0.139. The number of benzene rings is 1. The number of alkyl halides is 3. The van der Waals surface area contributed by atoms with Gasteiger partial charge in [0.05, 0.1) is 10.6 Å². The minimum Gasteiger partial charge on any atom is -0.480 e. The Kier molecular flexibility index (Phi) is 5.42. The Morgan fingerprint density at radius 1 is 1.38 bits per heavy atom. The van der Waals surface area contributed by atoms with E-state index >= 15 is 0 Å². The number of hydrogen-bond donors (Lipinski definition) is 3. The minimum atomic E-state index is -4.65. The molecule has 3 N–H and O–H groups in total. The van der Waals surface area contributed by atoms with Gasteiger partial charge in [-0.1, -0.05) is 18.5 Å². The van der Waals surface area contributed by atoms with Gasteiger partial charge in [-0.15, -0.1) is 0 Å². The molecular formula is C12H12ClF3N2O3. The fourth-order valence-corrected chi connectivity index (χ4v) is 1.71. The number of hydrogen-bond acceptors (Lipinski definition) is 2. The van der Waals surface area contributed by atoms with E-state index in [1.54, 1.807) is 6.92 Å². The van der Waals surface area contributed by atoms with Gasteiger partial charge in [0.2, 0.25) is 0 Å². The number of carboxylic acids is 1. The molecule has 0 fully saturated rings. The molecular weight excluding hydrogens is 313 g/mol. The van der Waals surface area contributed by atoms with Crippen LogP contribution < -0.4 is 10.6 Å². The number of rotatable bonds is 4. The number of aliphatic carboxylic acids is 1. The monoisotopic (exact) mass is 324 g/mol. The number of carboxylic acid groups (broad SMARTS) is 1. The first kappa shape index (κ1) is 17.1. The minimum absolute atomic E-state index is 0.136.